The molecular weight excluding hydrogens is 264 g/mol. The molecule has 0 radical (unpaired) electrons. The molecule has 0 spiro atoms. The molecule has 1 aromatic rings. The second-order valence-corrected chi connectivity index (χ2v) is 7.57. The molecule has 1 unspecified atom stereocenters. The fourth-order valence-electron chi connectivity index (χ4n) is 2.42. The number of pyridine rings is 1. The monoisotopic (exact) mass is 280 g/mol. The Bertz CT molecular complexity index is 608. The van der Waals surface area contributed by atoms with Crippen molar-refractivity contribution in [1.29, 1.82) is 0 Å². The molecule has 1 N–H and O–H groups in total. The lowest BCUT2D eigenvalue weighted by Crippen LogP contribution is -2.24. The number of nitrogens with zero attached hydrogens (tertiary/aromatic N) is 1. The summed E-state index contributed by atoms with van der Waals surface area (Å²) in [6, 6.07) is 3.85. The molecule has 2 fully saturated rings. The fourth-order valence-corrected chi connectivity index (χ4v) is 4.16. The Hall–Kier alpha value is -1.43. The van der Waals surface area contributed by atoms with Gasteiger partial charge in [-0.05, 0) is 42.9 Å². The van der Waals surface area contributed by atoms with Crippen LogP contribution in [-0.4, -0.2) is 30.8 Å². The van der Waals surface area contributed by atoms with E-state index in [1.165, 1.54) is 18.4 Å². The average Bonchev–Trinajstić information content (AvgIpc) is 3.14. The van der Waals surface area contributed by atoms with Gasteiger partial charge in [-0.3, -0.25) is 4.79 Å². The second kappa shape index (κ2) is 4.59. The number of carbonyl (C=O) groups is 1. The summed E-state index contributed by atoms with van der Waals surface area (Å²) in [4.78, 5) is 16.1. The third-order valence-corrected chi connectivity index (χ3v) is 5.46. The maximum absolute atomic E-state index is 12.0. The zero-order valence-corrected chi connectivity index (χ0v) is 11.3. The predicted molar refractivity (Wildman–Crippen MR) is 71.6 cm³/mol. The molecule has 102 valence electrons. The first-order chi connectivity index (χ1) is 9.03. The van der Waals surface area contributed by atoms with Crippen LogP contribution < -0.4 is 5.32 Å². The molecule has 0 aromatic carbocycles. The van der Waals surface area contributed by atoms with E-state index in [-0.39, 0.29) is 17.4 Å². The molecule has 2 heterocycles. The number of hydrogen-bond donors (Lipinski definition) is 1. The van der Waals surface area contributed by atoms with Crippen LogP contribution in [0.25, 0.3) is 0 Å². The van der Waals surface area contributed by atoms with E-state index in [0.29, 0.717) is 18.2 Å². The fraction of sp³-hybridized carbons (Fsp3) is 0.538. The molecule has 1 saturated heterocycles. The topological polar surface area (TPSA) is 76.1 Å². The molecule has 1 aliphatic heterocycles. The number of sulfone groups is 1. The maximum Gasteiger partial charge on any atom is 0.229 e. The van der Waals surface area contributed by atoms with Crippen LogP contribution in [0.1, 0.15) is 30.7 Å². The second-order valence-electron chi connectivity index (χ2n) is 5.34. The highest BCUT2D eigenvalue weighted by Crippen LogP contribution is 2.40. The minimum atomic E-state index is -3.03. The Morgan fingerprint density at radius 1 is 1.32 bits per heavy atom. The van der Waals surface area contributed by atoms with Crippen LogP contribution in [-0.2, 0) is 14.6 Å². The van der Waals surface area contributed by atoms with Crippen molar-refractivity contribution in [3.05, 3.63) is 23.9 Å². The van der Waals surface area contributed by atoms with Crippen LogP contribution in [0.3, 0.4) is 0 Å². The van der Waals surface area contributed by atoms with Crippen molar-refractivity contribution in [2.75, 3.05) is 16.8 Å². The van der Waals surface area contributed by atoms with Crippen LogP contribution in [0.15, 0.2) is 18.3 Å². The number of aromatic nitrogens is 1. The number of rotatable bonds is 3. The molecule has 1 atom stereocenters. The normalized spacial score (nSPS) is 25.2. The van der Waals surface area contributed by atoms with Crippen molar-refractivity contribution >= 4 is 21.6 Å². The summed E-state index contributed by atoms with van der Waals surface area (Å²) in [5.41, 5.74) is 1.20. The van der Waals surface area contributed by atoms with Crippen molar-refractivity contribution in [3.8, 4) is 0 Å². The van der Waals surface area contributed by atoms with Crippen LogP contribution in [0.4, 0.5) is 5.82 Å². The van der Waals surface area contributed by atoms with Crippen molar-refractivity contribution in [3.63, 3.8) is 0 Å². The van der Waals surface area contributed by atoms with Crippen molar-refractivity contribution in [2.24, 2.45) is 5.92 Å². The van der Waals surface area contributed by atoms with Gasteiger partial charge in [-0.2, -0.15) is 0 Å². The molecule has 2 aliphatic rings. The lowest BCUT2D eigenvalue weighted by molar-refractivity contribution is -0.119. The molecule has 6 heteroatoms. The standard InChI is InChI=1S/C13H16N2O3S/c16-13(11-4-6-19(17,18)8-11)15-12-7-10(3-5-14-12)9-1-2-9/h3,5,7,9,11H,1-2,4,6,8H2,(H,14,15,16). The number of hydrogen-bond acceptors (Lipinski definition) is 4. The third kappa shape index (κ3) is 2.94. The number of carbonyl (C=O) groups excluding carboxylic acids is 1. The van der Waals surface area contributed by atoms with Crippen LogP contribution in [0.2, 0.25) is 0 Å². The molecule has 1 saturated carbocycles. The van der Waals surface area contributed by atoms with Gasteiger partial charge in [0.15, 0.2) is 9.84 Å². The van der Waals surface area contributed by atoms with Crippen LogP contribution in [0.5, 0.6) is 0 Å². The first-order valence-corrected chi connectivity index (χ1v) is 8.33. The van der Waals surface area contributed by atoms with Gasteiger partial charge in [0.2, 0.25) is 5.91 Å². The number of anilines is 1. The highest BCUT2D eigenvalue weighted by atomic mass is 32.2. The van der Waals surface area contributed by atoms with Gasteiger partial charge in [-0.1, -0.05) is 0 Å². The predicted octanol–water partition coefficient (Wildman–Crippen LogP) is 1.33. The van der Waals surface area contributed by atoms with Crippen LogP contribution >= 0.6 is 0 Å². The molecule has 19 heavy (non-hydrogen) atoms. The van der Waals surface area contributed by atoms with Gasteiger partial charge in [0.25, 0.3) is 0 Å². The summed E-state index contributed by atoms with van der Waals surface area (Å²) in [5.74, 6) is 0.531. The average molecular weight is 280 g/mol. The Balaban J connectivity index is 1.67. The van der Waals surface area contributed by atoms with E-state index < -0.39 is 15.8 Å². The summed E-state index contributed by atoms with van der Waals surface area (Å²) in [6.07, 6.45) is 4.49. The lowest BCUT2D eigenvalue weighted by atomic mass is 10.1. The van der Waals surface area contributed by atoms with E-state index in [9.17, 15) is 13.2 Å². The van der Waals surface area contributed by atoms with Gasteiger partial charge < -0.3 is 5.32 Å². The summed E-state index contributed by atoms with van der Waals surface area (Å²) >= 11 is 0. The first kappa shape index (κ1) is 12.6. The summed E-state index contributed by atoms with van der Waals surface area (Å²) in [5, 5.41) is 2.73. The number of amides is 1. The quantitative estimate of drug-likeness (QED) is 0.906. The molecule has 1 aromatic heterocycles. The zero-order chi connectivity index (χ0) is 13.5. The Morgan fingerprint density at radius 2 is 2.11 bits per heavy atom. The molecule has 0 bridgehead atoms. The van der Waals surface area contributed by atoms with E-state index in [1.54, 1.807) is 6.20 Å². The SMILES string of the molecule is O=C(Nc1cc(C2CC2)ccn1)C1CCS(=O)(=O)C1. The molecule has 1 amide bonds. The zero-order valence-electron chi connectivity index (χ0n) is 10.5. The van der Waals surface area contributed by atoms with Gasteiger partial charge >= 0.3 is 0 Å². The third-order valence-electron chi connectivity index (χ3n) is 3.69. The highest BCUT2D eigenvalue weighted by Gasteiger charge is 2.33. The van der Waals surface area contributed by atoms with Gasteiger partial charge in [0.05, 0.1) is 17.4 Å². The minimum Gasteiger partial charge on any atom is -0.310 e. The number of nitrogens with one attached hydrogen (secondary N) is 1. The van der Waals surface area contributed by atoms with Crippen molar-refractivity contribution < 1.29 is 13.2 Å². The Labute approximate surface area is 112 Å². The van der Waals surface area contributed by atoms with E-state index in [2.05, 4.69) is 10.3 Å². The summed E-state index contributed by atoms with van der Waals surface area (Å²) in [7, 11) is -3.03. The van der Waals surface area contributed by atoms with E-state index in [1.807, 2.05) is 12.1 Å². The van der Waals surface area contributed by atoms with Crippen LogP contribution in [0, 0.1) is 5.92 Å². The van der Waals surface area contributed by atoms with Gasteiger partial charge in [0, 0.05) is 6.20 Å². The highest BCUT2D eigenvalue weighted by molar-refractivity contribution is 7.91. The molecule has 3 rings (SSSR count). The summed E-state index contributed by atoms with van der Waals surface area (Å²) < 4.78 is 22.7. The first-order valence-electron chi connectivity index (χ1n) is 6.51. The van der Waals surface area contributed by atoms with E-state index >= 15 is 0 Å². The molecule has 5 nitrogen and oxygen atoms in total. The smallest absolute Gasteiger partial charge is 0.229 e. The van der Waals surface area contributed by atoms with E-state index in [0.717, 1.165) is 0 Å². The summed E-state index contributed by atoms with van der Waals surface area (Å²) in [6.45, 7) is 0. The van der Waals surface area contributed by atoms with Gasteiger partial charge in [-0.15, -0.1) is 0 Å². The largest absolute Gasteiger partial charge is 0.310 e. The maximum atomic E-state index is 12.0. The van der Waals surface area contributed by atoms with Gasteiger partial charge in [0.1, 0.15) is 5.82 Å². The van der Waals surface area contributed by atoms with Gasteiger partial charge in [-0.25, -0.2) is 13.4 Å². The Kier molecular flexibility index (Phi) is 3.05. The lowest BCUT2D eigenvalue weighted by Gasteiger charge is -2.09. The Morgan fingerprint density at radius 3 is 2.74 bits per heavy atom. The minimum absolute atomic E-state index is 0.0405. The van der Waals surface area contributed by atoms with E-state index in [4.69, 9.17) is 0 Å². The molecular formula is C13H16N2O3S. The van der Waals surface area contributed by atoms with Crippen molar-refractivity contribution in [2.45, 2.75) is 25.2 Å². The molecule has 1 aliphatic carbocycles. The van der Waals surface area contributed by atoms with Crippen molar-refractivity contribution in [1.82, 2.24) is 4.98 Å².